The van der Waals surface area contributed by atoms with Crippen molar-refractivity contribution >= 4 is 0 Å². The molecule has 0 aliphatic rings. The summed E-state index contributed by atoms with van der Waals surface area (Å²) >= 11 is 0. The number of nitrogens with two attached hydrogens (primary N) is 1. The Kier molecular flexibility index (Phi) is 3.61. The van der Waals surface area contributed by atoms with E-state index in [1.165, 1.54) is 5.56 Å². The molecule has 0 aliphatic carbocycles. The van der Waals surface area contributed by atoms with E-state index >= 15 is 0 Å². The van der Waals surface area contributed by atoms with E-state index in [1.54, 1.807) is 6.20 Å². The first kappa shape index (κ1) is 11.1. The van der Waals surface area contributed by atoms with Gasteiger partial charge in [0.05, 0.1) is 0 Å². The van der Waals surface area contributed by atoms with Crippen molar-refractivity contribution in [3.05, 3.63) is 30.1 Å². The lowest BCUT2D eigenvalue weighted by atomic mass is 9.81. The molecule has 1 unspecified atom stereocenters. The van der Waals surface area contributed by atoms with Crippen molar-refractivity contribution in [2.24, 2.45) is 11.1 Å². The molecule has 14 heavy (non-hydrogen) atoms. The first-order valence-electron chi connectivity index (χ1n) is 4.89. The van der Waals surface area contributed by atoms with Crippen LogP contribution >= 0.6 is 0 Å². The van der Waals surface area contributed by atoms with Gasteiger partial charge in [0.1, 0.15) is 0 Å². The highest BCUT2D eigenvalue weighted by atomic mass is 14.9. The molecule has 3 N–H and O–H groups in total. The molecule has 0 spiro atoms. The van der Waals surface area contributed by atoms with E-state index in [0.29, 0.717) is 6.54 Å². The van der Waals surface area contributed by atoms with Crippen molar-refractivity contribution in [1.29, 1.82) is 0 Å². The molecule has 78 valence electrons. The van der Waals surface area contributed by atoms with Crippen molar-refractivity contribution in [2.75, 3.05) is 13.6 Å². The number of hydrogen-bond donors (Lipinski definition) is 2. The third-order valence-corrected chi connectivity index (χ3v) is 2.61. The van der Waals surface area contributed by atoms with Gasteiger partial charge in [0.15, 0.2) is 0 Å². The van der Waals surface area contributed by atoms with Gasteiger partial charge in [0, 0.05) is 18.4 Å². The monoisotopic (exact) mass is 193 g/mol. The zero-order valence-corrected chi connectivity index (χ0v) is 9.12. The average molecular weight is 193 g/mol. The standard InChI is InChI=1S/C11H19N3/c1-11(2,8-12)10(13-3)9-5-4-6-14-7-9/h4-7,10,13H,8,12H2,1-3H3. The van der Waals surface area contributed by atoms with E-state index < -0.39 is 0 Å². The highest BCUT2D eigenvalue weighted by Gasteiger charge is 2.28. The number of pyridine rings is 1. The minimum absolute atomic E-state index is 0.0395. The molecule has 1 aromatic heterocycles. The van der Waals surface area contributed by atoms with Gasteiger partial charge < -0.3 is 11.1 Å². The molecule has 0 aliphatic heterocycles. The Labute approximate surface area is 85.7 Å². The van der Waals surface area contributed by atoms with Gasteiger partial charge in [-0.1, -0.05) is 19.9 Å². The van der Waals surface area contributed by atoms with Gasteiger partial charge in [0.2, 0.25) is 0 Å². The van der Waals surface area contributed by atoms with Crippen molar-refractivity contribution in [1.82, 2.24) is 10.3 Å². The zero-order valence-electron chi connectivity index (χ0n) is 9.12. The summed E-state index contributed by atoms with van der Waals surface area (Å²) in [6.07, 6.45) is 3.67. The predicted molar refractivity (Wildman–Crippen MR) is 58.9 cm³/mol. The number of hydrogen-bond acceptors (Lipinski definition) is 3. The molecule has 0 bridgehead atoms. The Morgan fingerprint density at radius 1 is 1.57 bits per heavy atom. The summed E-state index contributed by atoms with van der Waals surface area (Å²) in [5.74, 6) is 0. The van der Waals surface area contributed by atoms with Crippen LogP contribution in [0.4, 0.5) is 0 Å². The number of nitrogens with zero attached hydrogens (tertiary/aromatic N) is 1. The Hall–Kier alpha value is -0.930. The summed E-state index contributed by atoms with van der Waals surface area (Å²) in [6, 6.07) is 4.28. The normalized spacial score (nSPS) is 14.0. The summed E-state index contributed by atoms with van der Waals surface area (Å²) in [5, 5.41) is 3.29. The molecular formula is C11H19N3. The fourth-order valence-electron chi connectivity index (χ4n) is 1.67. The van der Waals surface area contributed by atoms with Gasteiger partial charge in [-0.25, -0.2) is 0 Å². The maximum atomic E-state index is 5.76. The summed E-state index contributed by atoms with van der Waals surface area (Å²) in [5.41, 5.74) is 6.98. The zero-order chi connectivity index (χ0) is 10.6. The third kappa shape index (κ3) is 2.30. The van der Waals surface area contributed by atoms with E-state index in [-0.39, 0.29) is 11.5 Å². The maximum absolute atomic E-state index is 5.76. The van der Waals surface area contributed by atoms with Gasteiger partial charge in [0.25, 0.3) is 0 Å². The van der Waals surface area contributed by atoms with E-state index in [9.17, 15) is 0 Å². The maximum Gasteiger partial charge on any atom is 0.0396 e. The first-order valence-corrected chi connectivity index (χ1v) is 4.89. The predicted octanol–water partition coefficient (Wildman–Crippen LogP) is 1.33. The van der Waals surface area contributed by atoms with Gasteiger partial charge >= 0.3 is 0 Å². The molecule has 1 heterocycles. The van der Waals surface area contributed by atoms with Crippen LogP contribution in [0.5, 0.6) is 0 Å². The second-order valence-electron chi connectivity index (χ2n) is 4.20. The van der Waals surface area contributed by atoms with Crippen LogP contribution in [0, 0.1) is 5.41 Å². The van der Waals surface area contributed by atoms with E-state index in [1.807, 2.05) is 19.3 Å². The lowest BCUT2D eigenvalue weighted by Crippen LogP contribution is -2.37. The van der Waals surface area contributed by atoms with Crippen LogP contribution in [0.3, 0.4) is 0 Å². The Morgan fingerprint density at radius 2 is 2.29 bits per heavy atom. The molecule has 0 fully saturated rings. The highest BCUT2D eigenvalue weighted by Crippen LogP contribution is 2.31. The molecule has 3 heteroatoms. The van der Waals surface area contributed by atoms with E-state index in [4.69, 9.17) is 5.73 Å². The van der Waals surface area contributed by atoms with E-state index in [2.05, 4.69) is 30.2 Å². The molecule has 1 aromatic rings. The summed E-state index contributed by atoms with van der Waals surface area (Å²) in [6.45, 7) is 4.95. The number of aromatic nitrogens is 1. The summed E-state index contributed by atoms with van der Waals surface area (Å²) < 4.78 is 0. The molecule has 0 saturated heterocycles. The highest BCUT2D eigenvalue weighted by molar-refractivity contribution is 5.16. The number of rotatable bonds is 4. The minimum atomic E-state index is 0.0395. The molecule has 0 aromatic carbocycles. The fraction of sp³-hybridized carbons (Fsp3) is 0.545. The molecule has 1 rings (SSSR count). The van der Waals surface area contributed by atoms with Crippen LogP contribution in [0.25, 0.3) is 0 Å². The fourth-order valence-corrected chi connectivity index (χ4v) is 1.67. The van der Waals surface area contributed by atoms with Crippen LogP contribution in [-0.2, 0) is 0 Å². The van der Waals surface area contributed by atoms with Gasteiger partial charge in [-0.2, -0.15) is 0 Å². The Morgan fingerprint density at radius 3 is 2.71 bits per heavy atom. The lowest BCUT2D eigenvalue weighted by molar-refractivity contribution is 0.265. The van der Waals surface area contributed by atoms with Crippen LogP contribution in [0.2, 0.25) is 0 Å². The Balaban J connectivity index is 2.93. The van der Waals surface area contributed by atoms with Crippen LogP contribution in [-0.4, -0.2) is 18.6 Å². The van der Waals surface area contributed by atoms with Crippen molar-refractivity contribution in [3.63, 3.8) is 0 Å². The van der Waals surface area contributed by atoms with Crippen molar-refractivity contribution in [2.45, 2.75) is 19.9 Å². The van der Waals surface area contributed by atoms with Gasteiger partial charge in [-0.15, -0.1) is 0 Å². The molecular weight excluding hydrogens is 174 g/mol. The molecule has 0 saturated carbocycles. The van der Waals surface area contributed by atoms with Crippen molar-refractivity contribution in [3.8, 4) is 0 Å². The lowest BCUT2D eigenvalue weighted by Gasteiger charge is -2.33. The second kappa shape index (κ2) is 4.53. The third-order valence-electron chi connectivity index (χ3n) is 2.61. The molecule has 0 radical (unpaired) electrons. The van der Waals surface area contributed by atoms with Crippen molar-refractivity contribution < 1.29 is 0 Å². The SMILES string of the molecule is CNC(c1cccnc1)C(C)(C)CN. The molecule has 0 amide bonds. The van der Waals surface area contributed by atoms with E-state index in [0.717, 1.165) is 0 Å². The largest absolute Gasteiger partial charge is 0.330 e. The summed E-state index contributed by atoms with van der Waals surface area (Å²) in [7, 11) is 1.95. The van der Waals surface area contributed by atoms with Gasteiger partial charge in [-0.05, 0) is 30.6 Å². The minimum Gasteiger partial charge on any atom is -0.330 e. The average Bonchev–Trinajstić information content (AvgIpc) is 2.20. The van der Waals surface area contributed by atoms with Gasteiger partial charge in [-0.3, -0.25) is 4.98 Å². The first-order chi connectivity index (χ1) is 6.61. The van der Waals surface area contributed by atoms with Crippen LogP contribution in [0.15, 0.2) is 24.5 Å². The smallest absolute Gasteiger partial charge is 0.0396 e. The number of nitrogens with one attached hydrogen (secondary N) is 1. The summed E-state index contributed by atoms with van der Waals surface area (Å²) in [4.78, 5) is 4.12. The van der Waals surface area contributed by atoms with Crippen LogP contribution in [0.1, 0.15) is 25.5 Å². The topological polar surface area (TPSA) is 50.9 Å². The molecule has 3 nitrogen and oxygen atoms in total. The molecule has 1 atom stereocenters. The van der Waals surface area contributed by atoms with Crippen LogP contribution < -0.4 is 11.1 Å². The Bertz CT molecular complexity index is 269. The quantitative estimate of drug-likeness (QED) is 0.758. The second-order valence-corrected chi connectivity index (χ2v) is 4.20.